The molecule has 4 rings (SSSR count). The molecule has 0 spiro atoms. The Morgan fingerprint density at radius 3 is 2.74 bits per heavy atom. The second kappa shape index (κ2) is 8.06. The van der Waals surface area contributed by atoms with E-state index >= 15 is 0 Å². The first-order valence-corrected chi connectivity index (χ1v) is 10.6. The molecule has 3 heterocycles. The normalized spacial score (nSPS) is 41.5. The molecule has 27 heavy (non-hydrogen) atoms. The van der Waals surface area contributed by atoms with E-state index in [1.165, 1.54) is 19.3 Å². The lowest BCUT2D eigenvalue weighted by Crippen LogP contribution is -2.56. The number of rotatable bonds is 4. The van der Waals surface area contributed by atoms with E-state index < -0.39 is 0 Å². The lowest BCUT2D eigenvalue weighted by molar-refractivity contribution is -0.283. The van der Waals surface area contributed by atoms with Gasteiger partial charge in [-0.2, -0.15) is 0 Å². The van der Waals surface area contributed by atoms with Gasteiger partial charge in [0.1, 0.15) is 6.23 Å². The van der Waals surface area contributed by atoms with Crippen LogP contribution in [0, 0.1) is 29.6 Å². The molecule has 0 amide bonds. The molecule has 4 unspecified atom stereocenters. The van der Waals surface area contributed by atoms with Gasteiger partial charge in [0.15, 0.2) is 6.29 Å². The maximum absolute atomic E-state index is 6.54. The maximum Gasteiger partial charge on any atom is 0.213 e. The standard InChI is InChI=1S/C22H34N2O3/c1-13-5-7-18-15(3)21(24-12-16-9-10-23-19(11-16)25-4)27-22-20(18)17(13)8-6-14(2)26-22/h9-11,13-15,17-18,20-22,24H,5-8,12H2,1-4H3/t13-,14?,15-,17?,18+,20?,21?,22+/m1/s1. The van der Waals surface area contributed by atoms with Crippen molar-refractivity contribution >= 4 is 0 Å². The van der Waals surface area contributed by atoms with E-state index in [0.717, 1.165) is 30.4 Å². The molecule has 1 saturated carbocycles. The summed E-state index contributed by atoms with van der Waals surface area (Å²) in [6.45, 7) is 7.73. The minimum Gasteiger partial charge on any atom is -0.481 e. The van der Waals surface area contributed by atoms with Crippen LogP contribution in [0.25, 0.3) is 0 Å². The summed E-state index contributed by atoms with van der Waals surface area (Å²) < 4.78 is 18.1. The summed E-state index contributed by atoms with van der Waals surface area (Å²) in [5.41, 5.74) is 1.16. The van der Waals surface area contributed by atoms with Gasteiger partial charge < -0.3 is 14.2 Å². The van der Waals surface area contributed by atoms with E-state index in [1.807, 2.05) is 12.1 Å². The van der Waals surface area contributed by atoms with Gasteiger partial charge in [-0.3, -0.25) is 5.32 Å². The third-order valence-corrected chi connectivity index (χ3v) is 7.21. The summed E-state index contributed by atoms with van der Waals surface area (Å²) >= 11 is 0. The van der Waals surface area contributed by atoms with Crippen molar-refractivity contribution < 1.29 is 14.2 Å². The van der Waals surface area contributed by atoms with E-state index in [0.29, 0.717) is 23.6 Å². The zero-order chi connectivity index (χ0) is 19.0. The third-order valence-electron chi connectivity index (χ3n) is 7.21. The lowest BCUT2D eigenvalue weighted by atomic mass is 9.61. The number of pyridine rings is 1. The molecular weight excluding hydrogens is 340 g/mol. The Bertz CT molecular complexity index is 640. The molecule has 0 aromatic carbocycles. The van der Waals surface area contributed by atoms with E-state index in [9.17, 15) is 0 Å². The van der Waals surface area contributed by atoms with Gasteiger partial charge in [0.05, 0.1) is 13.2 Å². The van der Waals surface area contributed by atoms with Crippen LogP contribution in [0.5, 0.6) is 5.88 Å². The van der Waals surface area contributed by atoms with Gasteiger partial charge >= 0.3 is 0 Å². The highest BCUT2D eigenvalue weighted by Gasteiger charge is 2.51. The highest BCUT2D eigenvalue weighted by molar-refractivity contribution is 5.20. The molecule has 1 aromatic heterocycles. The van der Waals surface area contributed by atoms with Crippen molar-refractivity contribution in [2.45, 2.75) is 71.6 Å². The molecule has 5 nitrogen and oxygen atoms in total. The topological polar surface area (TPSA) is 52.6 Å². The van der Waals surface area contributed by atoms with Gasteiger partial charge in [0.25, 0.3) is 0 Å². The highest BCUT2D eigenvalue weighted by Crippen LogP contribution is 2.51. The first-order valence-electron chi connectivity index (χ1n) is 10.6. The molecular formula is C22H34N2O3. The van der Waals surface area contributed by atoms with Gasteiger partial charge in [0, 0.05) is 24.7 Å². The molecule has 0 radical (unpaired) electrons. The van der Waals surface area contributed by atoms with Gasteiger partial charge in [-0.1, -0.05) is 20.3 Å². The average molecular weight is 375 g/mol. The molecule has 150 valence electrons. The Morgan fingerprint density at radius 2 is 1.93 bits per heavy atom. The number of hydrogen-bond donors (Lipinski definition) is 1. The van der Waals surface area contributed by atoms with Crippen LogP contribution in [-0.4, -0.2) is 30.7 Å². The van der Waals surface area contributed by atoms with Crippen LogP contribution in [0.4, 0.5) is 0 Å². The summed E-state index contributed by atoms with van der Waals surface area (Å²) in [7, 11) is 1.65. The van der Waals surface area contributed by atoms with Gasteiger partial charge in [-0.15, -0.1) is 0 Å². The third kappa shape index (κ3) is 3.87. The summed E-state index contributed by atoms with van der Waals surface area (Å²) in [4.78, 5) is 4.19. The summed E-state index contributed by atoms with van der Waals surface area (Å²) in [6.07, 6.45) is 7.10. The SMILES string of the molecule is COc1cc(CNC2O[C@@H]3OC(C)CCC4C3[C@@H](CC[C@H]4C)[C@H]2C)ccn1. The molecule has 3 fully saturated rings. The van der Waals surface area contributed by atoms with Crippen molar-refractivity contribution in [1.82, 2.24) is 10.3 Å². The summed E-state index contributed by atoms with van der Waals surface area (Å²) in [5, 5.41) is 3.64. The number of ether oxygens (including phenoxy) is 3. The zero-order valence-corrected chi connectivity index (χ0v) is 17.1. The Morgan fingerprint density at radius 1 is 1.11 bits per heavy atom. The van der Waals surface area contributed by atoms with Crippen LogP contribution in [0.1, 0.15) is 52.0 Å². The molecule has 2 saturated heterocycles. The Labute approximate surface area is 163 Å². The smallest absolute Gasteiger partial charge is 0.213 e. The Hall–Kier alpha value is -1.17. The van der Waals surface area contributed by atoms with Gasteiger partial charge in [-0.05, 0) is 61.5 Å². The summed E-state index contributed by atoms with van der Waals surface area (Å²) in [6, 6.07) is 4.00. The minimum atomic E-state index is -0.0686. The summed E-state index contributed by atoms with van der Waals surface area (Å²) in [5.74, 6) is 3.89. The van der Waals surface area contributed by atoms with Crippen molar-refractivity contribution in [3.05, 3.63) is 23.9 Å². The predicted molar refractivity (Wildman–Crippen MR) is 104 cm³/mol. The first kappa shape index (κ1) is 19.2. The molecule has 5 heteroatoms. The van der Waals surface area contributed by atoms with E-state index in [4.69, 9.17) is 14.2 Å². The van der Waals surface area contributed by atoms with Crippen LogP contribution >= 0.6 is 0 Å². The zero-order valence-electron chi connectivity index (χ0n) is 17.1. The fourth-order valence-electron chi connectivity index (χ4n) is 5.61. The van der Waals surface area contributed by atoms with Gasteiger partial charge in [-0.25, -0.2) is 4.98 Å². The monoisotopic (exact) mass is 374 g/mol. The van der Waals surface area contributed by atoms with Crippen molar-refractivity contribution in [3.63, 3.8) is 0 Å². The average Bonchev–Trinajstić information content (AvgIpc) is 2.84. The number of aromatic nitrogens is 1. The first-order chi connectivity index (χ1) is 13.1. The van der Waals surface area contributed by atoms with E-state index in [1.54, 1.807) is 13.3 Å². The second-order valence-electron chi connectivity index (χ2n) is 8.86. The molecule has 1 aromatic rings. The minimum absolute atomic E-state index is 0.0229. The van der Waals surface area contributed by atoms with Crippen molar-refractivity contribution in [2.24, 2.45) is 29.6 Å². The second-order valence-corrected chi connectivity index (χ2v) is 8.86. The molecule has 1 aliphatic carbocycles. The molecule has 8 atom stereocenters. The number of nitrogens with zero attached hydrogens (tertiary/aromatic N) is 1. The maximum atomic E-state index is 6.54. The molecule has 3 aliphatic rings. The molecule has 1 N–H and O–H groups in total. The Balaban J connectivity index is 1.49. The quantitative estimate of drug-likeness (QED) is 0.864. The van der Waals surface area contributed by atoms with E-state index in [2.05, 4.69) is 31.1 Å². The number of nitrogens with one attached hydrogen (secondary N) is 1. The van der Waals surface area contributed by atoms with Crippen LogP contribution in [-0.2, 0) is 16.0 Å². The molecule has 0 bridgehead atoms. The van der Waals surface area contributed by atoms with Crippen molar-refractivity contribution in [2.75, 3.05) is 7.11 Å². The Kier molecular flexibility index (Phi) is 5.72. The lowest BCUT2D eigenvalue weighted by Gasteiger charge is -2.52. The fraction of sp³-hybridized carbons (Fsp3) is 0.773. The van der Waals surface area contributed by atoms with Crippen LogP contribution in [0.3, 0.4) is 0 Å². The number of hydrogen-bond acceptors (Lipinski definition) is 5. The van der Waals surface area contributed by atoms with Crippen molar-refractivity contribution in [1.29, 1.82) is 0 Å². The largest absolute Gasteiger partial charge is 0.481 e. The predicted octanol–water partition coefficient (Wildman–Crippen LogP) is 3.98. The van der Waals surface area contributed by atoms with Crippen molar-refractivity contribution in [3.8, 4) is 5.88 Å². The fourth-order valence-corrected chi connectivity index (χ4v) is 5.61. The number of methoxy groups -OCH3 is 1. The molecule has 2 aliphatic heterocycles. The van der Waals surface area contributed by atoms with E-state index in [-0.39, 0.29) is 18.6 Å². The van der Waals surface area contributed by atoms with Crippen LogP contribution < -0.4 is 10.1 Å². The highest BCUT2D eigenvalue weighted by atomic mass is 16.7. The van der Waals surface area contributed by atoms with Gasteiger partial charge in [0.2, 0.25) is 5.88 Å². The van der Waals surface area contributed by atoms with Crippen LogP contribution in [0.2, 0.25) is 0 Å². The van der Waals surface area contributed by atoms with Crippen LogP contribution in [0.15, 0.2) is 18.3 Å².